The fourth-order valence-electron chi connectivity index (χ4n) is 1.66. The Kier molecular flexibility index (Phi) is 4.66. The van der Waals surface area contributed by atoms with Gasteiger partial charge in [-0.15, -0.1) is 0 Å². The maximum atomic E-state index is 4.38. The molecule has 0 saturated heterocycles. The maximum Gasteiger partial charge on any atom is 0.148 e. The summed E-state index contributed by atoms with van der Waals surface area (Å²) in [6, 6.07) is 2.61. The number of hydrogen-bond acceptors (Lipinski definition) is 2. The van der Waals surface area contributed by atoms with Gasteiger partial charge in [0.2, 0.25) is 0 Å². The second-order valence-corrected chi connectivity index (χ2v) is 4.34. The molecule has 3 nitrogen and oxygen atoms in total. The summed E-state index contributed by atoms with van der Waals surface area (Å²) in [7, 11) is 1.97. The summed E-state index contributed by atoms with van der Waals surface area (Å²) in [6.07, 6.45) is 5.14. The Labute approximate surface area is 92.9 Å². The van der Waals surface area contributed by atoms with E-state index in [0.29, 0.717) is 6.04 Å². The number of nitrogens with one attached hydrogen (secondary N) is 1. The number of unbranched alkanes of at least 4 members (excludes halogenated alkanes) is 2. The average Bonchev–Trinajstić information content (AvgIpc) is 2.46. The number of anilines is 1. The van der Waals surface area contributed by atoms with Crippen LogP contribution >= 0.6 is 0 Å². The van der Waals surface area contributed by atoms with E-state index in [4.69, 9.17) is 0 Å². The van der Waals surface area contributed by atoms with Gasteiger partial charge in [0.15, 0.2) is 0 Å². The van der Waals surface area contributed by atoms with Gasteiger partial charge < -0.3 is 5.32 Å². The van der Waals surface area contributed by atoms with Crippen LogP contribution in [0.4, 0.5) is 5.82 Å². The van der Waals surface area contributed by atoms with Crippen LogP contribution < -0.4 is 5.32 Å². The molecule has 0 radical (unpaired) electrons. The van der Waals surface area contributed by atoms with Gasteiger partial charge in [0.1, 0.15) is 5.82 Å². The van der Waals surface area contributed by atoms with E-state index in [1.54, 1.807) is 0 Å². The Morgan fingerprint density at radius 3 is 2.73 bits per heavy atom. The van der Waals surface area contributed by atoms with Crippen molar-refractivity contribution >= 4 is 5.82 Å². The standard InChI is InChI=1S/C12H23N3/c1-5-6-7-8-10(2)13-12-9-11(3)15(4)14-12/h9-10H,5-8H2,1-4H3,(H,13,14). The molecule has 1 atom stereocenters. The third kappa shape index (κ3) is 3.94. The molecule has 1 N–H and O–H groups in total. The zero-order chi connectivity index (χ0) is 11.3. The second kappa shape index (κ2) is 5.79. The molecule has 3 heteroatoms. The first kappa shape index (κ1) is 12.1. The lowest BCUT2D eigenvalue weighted by Crippen LogP contribution is -2.15. The molecule has 86 valence electrons. The van der Waals surface area contributed by atoms with Gasteiger partial charge in [-0.3, -0.25) is 4.68 Å². The Balaban J connectivity index is 2.34. The normalized spacial score (nSPS) is 12.8. The van der Waals surface area contributed by atoms with Crippen LogP contribution in [0, 0.1) is 6.92 Å². The molecule has 1 aromatic rings. The lowest BCUT2D eigenvalue weighted by atomic mass is 10.1. The van der Waals surface area contributed by atoms with Crippen LogP contribution in [0.25, 0.3) is 0 Å². The molecule has 0 aliphatic carbocycles. The minimum absolute atomic E-state index is 0.519. The van der Waals surface area contributed by atoms with Crippen molar-refractivity contribution in [2.45, 2.75) is 52.5 Å². The molecule has 1 heterocycles. The zero-order valence-corrected chi connectivity index (χ0v) is 10.4. The van der Waals surface area contributed by atoms with Crippen molar-refractivity contribution in [3.8, 4) is 0 Å². The Bertz CT molecular complexity index is 272. The first-order valence-corrected chi connectivity index (χ1v) is 5.90. The van der Waals surface area contributed by atoms with Crippen LogP contribution in [0.2, 0.25) is 0 Å². The Morgan fingerprint density at radius 2 is 2.20 bits per heavy atom. The van der Waals surface area contributed by atoms with Gasteiger partial charge in [0.25, 0.3) is 0 Å². The molecule has 15 heavy (non-hydrogen) atoms. The zero-order valence-electron chi connectivity index (χ0n) is 10.4. The van der Waals surface area contributed by atoms with E-state index >= 15 is 0 Å². The largest absolute Gasteiger partial charge is 0.366 e. The van der Waals surface area contributed by atoms with Crippen LogP contribution in [0.3, 0.4) is 0 Å². The SMILES string of the molecule is CCCCCC(C)Nc1cc(C)n(C)n1. The predicted octanol–water partition coefficient (Wildman–Crippen LogP) is 3.11. The number of aryl methyl sites for hydroxylation is 2. The average molecular weight is 209 g/mol. The molecule has 0 aromatic carbocycles. The van der Waals surface area contributed by atoms with Crippen molar-refractivity contribution in [2.24, 2.45) is 7.05 Å². The van der Waals surface area contributed by atoms with E-state index < -0.39 is 0 Å². The topological polar surface area (TPSA) is 29.9 Å². The highest BCUT2D eigenvalue weighted by atomic mass is 15.3. The van der Waals surface area contributed by atoms with Crippen LogP contribution in [0.1, 0.15) is 45.2 Å². The smallest absolute Gasteiger partial charge is 0.148 e. The van der Waals surface area contributed by atoms with Gasteiger partial charge in [-0.05, 0) is 20.3 Å². The molecule has 0 spiro atoms. The van der Waals surface area contributed by atoms with Gasteiger partial charge in [-0.2, -0.15) is 5.10 Å². The minimum Gasteiger partial charge on any atom is -0.366 e. The first-order chi connectivity index (χ1) is 7.13. The lowest BCUT2D eigenvalue weighted by molar-refractivity contribution is 0.612. The molecule has 0 aliphatic heterocycles. The van der Waals surface area contributed by atoms with Gasteiger partial charge in [-0.25, -0.2) is 0 Å². The van der Waals surface area contributed by atoms with Crippen molar-refractivity contribution in [1.29, 1.82) is 0 Å². The third-order valence-electron chi connectivity index (χ3n) is 2.75. The first-order valence-electron chi connectivity index (χ1n) is 5.90. The van der Waals surface area contributed by atoms with E-state index in [1.165, 1.54) is 31.4 Å². The summed E-state index contributed by atoms with van der Waals surface area (Å²) in [6.45, 7) is 6.53. The molecule has 1 rings (SSSR count). The van der Waals surface area contributed by atoms with Gasteiger partial charge in [-0.1, -0.05) is 26.2 Å². The highest BCUT2D eigenvalue weighted by Crippen LogP contribution is 2.11. The quantitative estimate of drug-likeness (QED) is 0.730. The molecule has 0 fully saturated rings. The maximum absolute atomic E-state index is 4.38. The van der Waals surface area contributed by atoms with Gasteiger partial charge in [0, 0.05) is 24.8 Å². The van der Waals surface area contributed by atoms with Crippen LogP contribution in [0.15, 0.2) is 6.07 Å². The molecular weight excluding hydrogens is 186 g/mol. The summed E-state index contributed by atoms with van der Waals surface area (Å²) >= 11 is 0. The van der Waals surface area contributed by atoms with Crippen molar-refractivity contribution in [3.63, 3.8) is 0 Å². The third-order valence-corrected chi connectivity index (χ3v) is 2.75. The molecule has 1 aromatic heterocycles. The van der Waals surface area contributed by atoms with Crippen molar-refractivity contribution in [3.05, 3.63) is 11.8 Å². The fourth-order valence-corrected chi connectivity index (χ4v) is 1.66. The second-order valence-electron chi connectivity index (χ2n) is 4.34. The van der Waals surface area contributed by atoms with E-state index in [-0.39, 0.29) is 0 Å². The summed E-state index contributed by atoms with van der Waals surface area (Å²) < 4.78 is 1.90. The number of aromatic nitrogens is 2. The van der Waals surface area contributed by atoms with E-state index in [0.717, 1.165) is 5.82 Å². The summed E-state index contributed by atoms with van der Waals surface area (Å²) in [5.41, 5.74) is 1.19. The Hall–Kier alpha value is -0.990. The van der Waals surface area contributed by atoms with E-state index in [2.05, 4.69) is 37.3 Å². The summed E-state index contributed by atoms with van der Waals surface area (Å²) in [4.78, 5) is 0. The van der Waals surface area contributed by atoms with Crippen LogP contribution in [-0.2, 0) is 7.05 Å². The minimum atomic E-state index is 0.519. The molecule has 1 unspecified atom stereocenters. The van der Waals surface area contributed by atoms with Crippen LogP contribution in [0.5, 0.6) is 0 Å². The number of nitrogens with zero attached hydrogens (tertiary/aromatic N) is 2. The predicted molar refractivity (Wildman–Crippen MR) is 65.2 cm³/mol. The molecule has 0 bridgehead atoms. The summed E-state index contributed by atoms with van der Waals surface area (Å²) in [5, 5.41) is 7.81. The lowest BCUT2D eigenvalue weighted by Gasteiger charge is -2.12. The van der Waals surface area contributed by atoms with Gasteiger partial charge in [0.05, 0.1) is 0 Å². The number of rotatable bonds is 6. The highest BCUT2D eigenvalue weighted by Gasteiger charge is 2.05. The molecule has 0 saturated carbocycles. The van der Waals surface area contributed by atoms with E-state index in [9.17, 15) is 0 Å². The van der Waals surface area contributed by atoms with Crippen molar-refractivity contribution < 1.29 is 0 Å². The molecule has 0 amide bonds. The number of hydrogen-bond donors (Lipinski definition) is 1. The Morgan fingerprint density at radius 1 is 1.47 bits per heavy atom. The van der Waals surface area contributed by atoms with Crippen LogP contribution in [-0.4, -0.2) is 15.8 Å². The van der Waals surface area contributed by atoms with Crippen molar-refractivity contribution in [2.75, 3.05) is 5.32 Å². The summed E-state index contributed by atoms with van der Waals surface area (Å²) in [5.74, 6) is 0.999. The van der Waals surface area contributed by atoms with E-state index in [1.807, 2.05) is 11.7 Å². The van der Waals surface area contributed by atoms with Gasteiger partial charge >= 0.3 is 0 Å². The highest BCUT2D eigenvalue weighted by molar-refractivity contribution is 5.36. The van der Waals surface area contributed by atoms with Crippen molar-refractivity contribution in [1.82, 2.24) is 9.78 Å². The molecule has 0 aliphatic rings. The fraction of sp³-hybridized carbons (Fsp3) is 0.750. The monoisotopic (exact) mass is 209 g/mol. The molecular formula is C12H23N3.